The van der Waals surface area contributed by atoms with E-state index in [0.29, 0.717) is 6.54 Å². The molecule has 0 saturated heterocycles. The fraction of sp³-hybridized carbons (Fsp3) is 0.304. The summed E-state index contributed by atoms with van der Waals surface area (Å²) in [6.07, 6.45) is 3.64. The van der Waals surface area contributed by atoms with Gasteiger partial charge in [0.1, 0.15) is 0 Å². The molecule has 0 aromatic heterocycles. The highest BCUT2D eigenvalue weighted by atomic mass is 35.5. The molecule has 1 aliphatic carbocycles. The average molecular weight is 476 g/mol. The van der Waals surface area contributed by atoms with Gasteiger partial charge in [0.15, 0.2) is 0 Å². The van der Waals surface area contributed by atoms with E-state index in [0.717, 1.165) is 25.7 Å². The molecule has 3 aromatic rings. The van der Waals surface area contributed by atoms with Crippen molar-refractivity contribution in [2.45, 2.75) is 49.2 Å². The largest absolute Gasteiger partial charge is 0.308 e. The maximum Gasteiger partial charge on any atom is 0.269 e. The van der Waals surface area contributed by atoms with Crippen LogP contribution in [0, 0.1) is 10.1 Å². The Morgan fingerprint density at radius 1 is 0.906 bits per heavy atom. The Labute approximate surface area is 193 Å². The zero-order valence-electron chi connectivity index (χ0n) is 17.4. The topological polar surface area (TPSA) is 101 Å². The summed E-state index contributed by atoms with van der Waals surface area (Å²) in [5, 5.41) is 16.8. The van der Waals surface area contributed by atoms with Crippen molar-refractivity contribution in [3.05, 3.63) is 82.4 Å². The number of nitro groups is 1. The summed E-state index contributed by atoms with van der Waals surface area (Å²) >= 11 is 0. The highest BCUT2D eigenvalue weighted by Gasteiger charge is 2.29. The van der Waals surface area contributed by atoms with E-state index in [1.807, 2.05) is 18.2 Å². The summed E-state index contributed by atoms with van der Waals surface area (Å²) in [7, 11) is -3.77. The minimum atomic E-state index is -3.77. The Bertz CT molecular complexity index is 1180. The van der Waals surface area contributed by atoms with Gasteiger partial charge in [-0.1, -0.05) is 55.3 Å². The molecule has 9 heteroatoms. The molecule has 32 heavy (non-hydrogen) atoms. The molecule has 0 bridgehead atoms. The molecule has 0 unspecified atom stereocenters. The van der Waals surface area contributed by atoms with Crippen LogP contribution in [0.4, 0.5) is 5.69 Å². The second-order valence-corrected chi connectivity index (χ2v) is 9.60. The van der Waals surface area contributed by atoms with Crippen LogP contribution in [0.2, 0.25) is 0 Å². The molecule has 1 fully saturated rings. The summed E-state index contributed by atoms with van der Waals surface area (Å²) in [4.78, 5) is 10.3. The molecule has 1 saturated carbocycles. The van der Waals surface area contributed by atoms with E-state index in [2.05, 4.69) is 34.3 Å². The number of hydrogen-bond acceptors (Lipinski definition) is 5. The molecular formula is C23H26ClN3O4S. The third-order valence-electron chi connectivity index (χ3n) is 5.86. The first kappa shape index (κ1) is 24.1. The van der Waals surface area contributed by atoms with Crippen molar-refractivity contribution in [2.24, 2.45) is 0 Å². The maximum atomic E-state index is 12.9. The minimum absolute atomic E-state index is 0. The first-order valence-corrected chi connectivity index (χ1v) is 11.9. The summed E-state index contributed by atoms with van der Waals surface area (Å²) in [5.41, 5.74) is 1.05. The molecule has 0 heterocycles. The van der Waals surface area contributed by atoms with Gasteiger partial charge in [-0.3, -0.25) is 10.1 Å². The van der Waals surface area contributed by atoms with E-state index < -0.39 is 14.9 Å². The Hall–Kier alpha value is -2.52. The number of sulfonamides is 1. The molecule has 3 aromatic carbocycles. The van der Waals surface area contributed by atoms with E-state index in [-0.39, 0.29) is 35.1 Å². The van der Waals surface area contributed by atoms with Gasteiger partial charge in [0.05, 0.1) is 9.82 Å². The Morgan fingerprint density at radius 2 is 1.56 bits per heavy atom. The maximum absolute atomic E-state index is 12.9. The van der Waals surface area contributed by atoms with Gasteiger partial charge < -0.3 is 5.32 Å². The molecule has 4 rings (SSSR count). The van der Waals surface area contributed by atoms with Crippen LogP contribution in [0.5, 0.6) is 0 Å². The van der Waals surface area contributed by atoms with Crippen molar-refractivity contribution < 1.29 is 13.3 Å². The van der Waals surface area contributed by atoms with Gasteiger partial charge in [-0.25, -0.2) is 13.1 Å². The highest BCUT2D eigenvalue weighted by Crippen LogP contribution is 2.24. The Balaban J connectivity index is 0.00000289. The normalized spacial score (nSPS) is 18.8. The number of rotatable bonds is 7. The Morgan fingerprint density at radius 3 is 2.28 bits per heavy atom. The third-order valence-corrected chi connectivity index (χ3v) is 7.37. The number of nitrogens with one attached hydrogen (secondary N) is 2. The lowest BCUT2D eigenvalue weighted by Gasteiger charge is -2.33. The molecule has 2 N–H and O–H groups in total. The molecular weight excluding hydrogens is 450 g/mol. The molecule has 0 aliphatic heterocycles. The van der Waals surface area contributed by atoms with Gasteiger partial charge >= 0.3 is 0 Å². The molecule has 170 valence electrons. The van der Waals surface area contributed by atoms with Crippen LogP contribution >= 0.6 is 12.4 Å². The van der Waals surface area contributed by atoms with Crippen LogP contribution in [0.25, 0.3) is 10.8 Å². The molecule has 0 spiro atoms. The standard InChI is InChI=1S/C23H25N3O4S.ClH/c27-26(28)19-12-14-20(15-13-19)31(29,30)25-23-11-4-3-10-22(23)24-16-18-8-5-7-17-6-1-2-9-21(17)18;/h1-2,5-9,12-15,22-25H,3-4,10-11,16H2;1H/t22-,23-;/m1./s1. The van der Waals surface area contributed by atoms with Crippen molar-refractivity contribution in [1.82, 2.24) is 10.0 Å². The fourth-order valence-electron chi connectivity index (χ4n) is 4.22. The second-order valence-electron chi connectivity index (χ2n) is 7.89. The summed E-state index contributed by atoms with van der Waals surface area (Å²) in [6.45, 7) is 0.655. The number of halogens is 1. The average Bonchev–Trinajstić information content (AvgIpc) is 2.78. The Kier molecular flexibility index (Phi) is 7.84. The van der Waals surface area contributed by atoms with Crippen LogP contribution < -0.4 is 10.0 Å². The quantitative estimate of drug-likeness (QED) is 0.385. The summed E-state index contributed by atoms with van der Waals surface area (Å²) < 4.78 is 28.6. The summed E-state index contributed by atoms with van der Waals surface area (Å²) in [6, 6.07) is 19.2. The number of non-ortho nitro benzene ring substituents is 1. The van der Waals surface area contributed by atoms with Crippen LogP contribution in [-0.2, 0) is 16.6 Å². The van der Waals surface area contributed by atoms with Crippen LogP contribution in [0.1, 0.15) is 31.2 Å². The minimum Gasteiger partial charge on any atom is -0.308 e. The first-order valence-electron chi connectivity index (χ1n) is 10.4. The number of nitro benzene ring substituents is 1. The zero-order chi connectivity index (χ0) is 21.8. The van der Waals surface area contributed by atoms with E-state index >= 15 is 0 Å². The lowest BCUT2D eigenvalue weighted by atomic mass is 9.90. The monoisotopic (exact) mass is 475 g/mol. The van der Waals surface area contributed by atoms with Crippen LogP contribution in [0.3, 0.4) is 0 Å². The van der Waals surface area contributed by atoms with E-state index in [1.165, 1.54) is 40.6 Å². The fourth-order valence-corrected chi connectivity index (χ4v) is 5.53. The molecule has 7 nitrogen and oxygen atoms in total. The lowest BCUT2D eigenvalue weighted by Crippen LogP contribution is -2.51. The molecule has 0 amide bonds. The van der Waals surface area contributed by atoms with E-state index in [4.69, 9.17) is 0 Å². The van der Waals surface area contributed by atoms with Gasteiger partial charge in [-0.15, -0.1) is 12.4 Å². The van der Waals surface area contributed by atoms with Crippen LogP contribution in [-0.4, -0.2) is 25.4 Å². The van der Waals surface area contributed by atoms with Crippen molar-refractivity contribution in [3.63, 3.8) is 0 Å². The van der Waals surface area contributed by atoms with Gasteiger partial charge in [-0.05, 0) is 41.3 Å². The first-order chi connectivity index (χ1) is 14.9. The van der Waals surface area contributed by atoms with Crippen molar-refractivity contribution >= 4 is 38.9 Å². The van der Waals surface area contributed by atoms with E-state index in [9.17, 15) is 18.5 Å². The van der Waals surface area contributed by atoms with Gasteiger partial charge in [0.2, 0.25) is 10.0 Å². The van der Waals surface area contributed by atoms with Crippen molar-refractivity contribution in [2.75, 3.05) is 0 Å². The number of hydrogen-bond donors (Lipinski definition) is 2. The highest BCUT2D eigenvalue weighted by molar-refractivity contribution is 7.89. The SMILES string of the molecule is Cl.O=[N+]([O-])c1ccc(S(=O)(=O)N[C@@H]2CCCC[C@H]2NCc2cccc3ccccc23)cc1. The third kappa shape index (κ3) is 5.45. The smallest absolute Gasteiger partial charge is 0.269 e. The zero-order valence-corrected chi connectivity index (χ0v) is 19.1. The lowest BCUT2D eigenvalue weighted by molar-refractivity contribution is -0.384. The van der Waals surface area contributed by atoms with Crippen molar-refractivity contribution in [1.29, 1.82) is 0 Å². The number of fused-ring (bicyclic) bond motifs is 1. The van der Waals surface area contributed by atoms with Crippen LogP contribution in [0.15, 0.2) is 71.6 Å². The van der Waals surface area contributed by atoms with Crippen molar-refractivity contribution in [3.8, 4) is 0 Å². The second kappa shape index (κ2) is 10.4. The predicted molar refractivity (Wildman–Crippen MR) is 127 cm³/mol. The van der Waals surface area contributed by atoms with Gasteiger partial charge in [0, 0.05) is 30.8 Å². The molecule has 1 aliphatic rings. The number of benzene rings is 3. The van der Waals surface area contributed by atoms with Gasteiger partial charge in [-0.2, -0.15) is 0 Å². The summed E-state index contributed by atoms with van der Waals surface area (Å²) in [5.74, 6) is 0. The predicted octanol–water partition coefficient (Wildman–Crippen LogP) is 4.55. The van der Waals surface area contributed by atoms with E-state index in [1.54, 1.807) is 0 Å². The van der Waals surface area contributed by atoms with Gasteiger partial charge in [0.25, 0.3) is 5.69 Å². The molecule has 2 atom stereocenters. The number of nitrogens with zero attached hydrogens (tertiary/aromatic N) is 1. The molecule has 0 radical (unpaired) electrons.